The van der Waals surface area contributed by atoms with Gasteiger partial charge < -0.3 is 11.1 Å². The number of rotatable bonds is 3. The normalized spacial score (nSPS) is 13.3. The zero-order chi connectivity index (χ0) is 15.6. The first kappa shape index (κ1) is 19.7. The van der Waals surface area contributed by atoms with E-state index in [1.807, 2.05) is 0 Å². The second-order valence-corrected chi connectivity index (χ2v) is 5.72. The summed E-state index contributed by atoms with van der Waals surface area (Å²) in [6.45, 7) is 5.18. The van der Waals surface area contributed by atoms with Gasteiger partial charge in [-0.05, 0) is 17.0 Å². The van der Waals surface area contributed by atoms with Crippen molar-refractivity contribution in [3.8, 4) is 0 Å². The number of nitrogens with two attached hydrogens (primary N) is 1. The fourth-order valence-corrected chi connectivity index (χ4v) is 1.64. The van der Waals surface area contributed by atoms with Crippen molar-refractivity contribution in [3.63, 3.8) is 0 Å². The van der Waals surface area contributed by atoms with Crippen LogP contribution in [0.25, 0.3) is 0 Å². The van der Waals surface area contributed by atoms with Gasteiger partial charge >= 0.3 is 6.18 Å². The molecule has 0 aliphatic rings. The van der Waals surface area contributed by atoms with Crippen molar-refractivity contribution in [1.29, 1.82) is 0 Å². The fourth-order valence-electron chi connectivity index (χ4n) is 1.64. The van der Waals surface area contributed by atoms with Crippen LogP contribution in [-0.4, -0.2) is 11.9 Å². The van der Waals surface area contributed by atoms with Crippen LogP contribution in [-0.2, 0) is 17.5 Å². The van der Waals surface area contributed by atoms with Crippen molar-refractivity contribution in [2.75, 3.05) is 0 Å². The molecule has 3 N–H and O–H groups in total. The Labute approximate surface area is 128 Å². The van der Waals surface area contributed by atoms with Gasteiger partial charge in [-0.2, -0.15) is 13.2 Å². The van der Waals surface area contributed by atoms with E-state index in [4.69, 9.17) is 5.73 Å². The Balaban J connectivity index is 0.00000400. The minimum atomic E-state index is -4.44. The number of benzene rings is 1. The molecular formula is C14H20ClF3N2O. The molecule has 0 aliphatic heterocycles. The van der Waals surface area contributed by atoms with E-state index in [0.717, 1.165) is 6.07 Å². The summed E-state index contributed by atoms with van der Waals surface area (Å²) in [6.07, 6.45) is -4.44. The zero-order valence-corrected chi connectivity index (χ0v) is 12.9. The first-order chi connectivity index (χ1) is 9.03. The third kappa shape index (κ3) is 5.55. The van der Waals surface area contributed by atoms with Crippen LogP contribution in [0.3, 0.4) is 0 Å². The molecule has 120 valence electrons. The van der Waals surface area contributed by atoms with Gasteiger partial charge in [0.1, 0.15) is 0 Å². The van der Waals surface area contributed by atoms with Gasteiger partial charge in [0.15, 0.2) is 0 Å². The molecule has 1 amide bonds. The summed E-state index contributed by atoms with van der Waals surface area (Å²) in [7, 11) is 0. The van der Waals surface area contributed by atoms with Crippen molar-refractivity contribution in [2.24, 2.45) is 11.1 Å². The first-order valence-electron chi connectivity index (χ1n) is 6.22. The molecule has 3 nitrogen and oxygen atoms in total. The largest absolute Gasteiger partial charge is 0.416 e. The standard InChI is InChI=1S/C14H19F3N2O.ClH/c1-13(2,3)11(18)12(20)19-8-9-6-4-5-7-10(9)14(15,16)17;/h4-7,11H,8,18H2,1-3H3,(H,19,20);1H/t11-;/m1./s1. The van der Waals surface area contributed by atoms with E-state index < -0.39 is 29.1 Å². The maximum atomic E-state index is 12.8. The molecule has 1 rings (SSSR count). The number of halogens is 4. The van der Waals surface area contributed by atoms with Crippen LogP contribution in [0.1, 0.15) is 31.9 Å². The van der Waals surface area contributed by atoms with Crippen LogP contribution < -0.4 is 11.1 Å². The summed E-state index contributed by atoms with van der Waals surface area (Å²) in [4.78, 5) is 11.8. The van der Waals surface area contributed by atoms with E-state index >= 15 is 0 Å². The number of carbonyl (C=O) groups excluding carboxylic acids is 1. The Morgan fingerprint density at radius 1 is 1.24 bits per heavy atom. The predicted octanol–water partition coefficient (Wildman–Crippen LogP) is 3.12. The molecule has 0 spiro atoms. The van der Waals surface area contributed by atoms with Crippen molar-refractivity contribution < 1.29 is 18.0 Å². The van der Waals surface area contributed by atoms with Crippen molar-refractivity contribution >= 4 is 18.3 Å². The summed E-state index contributed by atoms with van der Waals surface area (Å²) in [5.41, 5.74) is 4.57. The Hall–Kier alpha value is -1.27. The lowest BCUT2D eigenvalue weighted by Gasteiger charge is -2.26. The van der Waals surface area contributed by atoms with E-state index in [9.17, 15) is 18.0 Å². The highest BCUT2D eigenvalue weighted by atomic mass is 35.5. The molecule has 7 heteroatoms. The zero-order valence-electron chi connectivity index (χ0n) is 12.1. The number of nitrogens with one attached hydrogen (secondary N) is 1. The van der Waals surface area contributed by atoms with Crippen molar-refractivity contribution in [2.45, 2.75) is 39.5 Å². The molecule has 0 heterocycles. The molecule has 0 aliphatic carbocycles. The van der Waals surface area contributed by atoms with Crippen molar-refractivity contribution in [3.05, 3.63) is 35.4 Å². The lowest BCUT2D eigenvalue weighted by molar-refractivity contribution is -0.138. The summed E-state index contributed by atoms with van der Waals surface area (Å²) in [5.74, 6) is -0.463. The number of alkyl halides is 3. The molecular weight excluding hydrogens is 305 g/mol. The second kappa shape index (κ2) is 7.13. The quantitative estimate of drug-likeness (QED) is 0.897. The van der Waals surface area contributed by atoms with Gasteiger partial charge in [0.05, 0.1) is 11.6 Å². The molecule has 21 heavy (non-hydrogen) atoms. The highest BCUT2D eigenvalue weighted by molar-refractivity contribution is 5.85. The molecule has 0 saturated heterocycles. The number of amides is 1. The van der Waals surface area contributed by atoms with Gasteiger partial charge in [0.2, 0.25) is 5.91 Å². The topological polar surface area (TPSA) is 55.1 Å². The average Bonchev–Trinajstić information content (AvgIpc) is 2.33. The van der Waals surface area contributed by atoms with E-state index in [2.05, 4.69) is 5.32 Å². The predicted molar refractivity (Wildman–Crippen MR) is 78.0 cm³/mol. The molecule has 1 aromatic carbocycles. The SMILES string of the molecule is CC(C)(C)[C@H](N)C(=O)NCc1ccccc1C(F)(F)F.Cl. The fraction of sp³-hybridized carbons (Fsp3) is 0.500. The molecule has 1 atom stereocenters. The van der Waals surface area contributed by atoms with E-state index in [-0.39, 0.29) is 24.5 Å². The highest BCUT2D eigenvalue weighted by Crippen LogP contribution is 2.31. The molecule has 0 fully saturated rings. The third-order valence-corrected chi connectivity index (χ3v) is 2.99. The molecule has 0 unspecified atom stereocenters. The lowest BCUT2D eigenvalue weighted by Crippen LogP contribution is -2.48. The van der Waals surface area contributed by atoms with Gasteiger partial charge in [0, 0.05) is 6.54 Å². The van der Waals surface area contributed by atoms with Crippen LogP contribution in [0, 0.1) is 5.41 Å². The minimum Gasteiger partial charge on any atom is -0.351 e. The minimum absolute atomic E-state index is 0. The smallest absolute Gasteiger partial charge is 0.351 e. The number of hydrogen-bond donors (Lipinski definition) is 2. The maximum Gasteiger partial charge on any atom is 0.416 e. The summed E-state index contributed by atoms with van der Waals surface area (Å²) in [6, 6.07) is 4.37. The summed E-state index contributed by atoms with van der Waals surface area (Å²) in [5, 5.41) is 2.45. The van der Waals surface area contributed by atoms with Gasteiger partial charge in [-0.25, -0.2) is 0 Å². The van der Waals surface area contributed by atoms with E-state index in [0.29, 0.717) is 0 Å². The van der Waals surface area contributed by atoms with E-state index in [1.165, 1.54) is 18.2 Å². The Kier molecular flexibility index (Phi) is 6.70. The Morgan fingerprint density at radius 2 is 1.76 bits per heavy atom. The molecule has 1 aromatic rings. The maximum absolute atomic E-state index is 12.8. The van der Waals surface area contributed by atoms with E-state index in [1.54, 1.807) is 20.8 Å². The van der Waals surface area contributed by atoms with Gasteiger partial charge in [0.25, 0.3) is 0 Å². The third-order valence-electron chi connectivity index (χ3n) is 2.99. The number of carbonyl (C=O) groups is 1. The molecule has 0 bridgehead atoms. The Morgan fingerprint density at radius 3 is 2.24 bits per heavy atom. The molecule has 0 aromatic heterocycles. The molecule has 0 saturated carbocycles. The molecule has 0 radical (unpaired) electrons. The van der Waals surface area contributed by atoms with Gasteiger partial charge in [-0.3, -0.25) is 4.79 Å². The van der Waals surface area contributed by atoms with Crippen LogP contribution in [0.4, 0.5) is 13.2 Å². The summed E-state index contributed by atoms with van der Waals surface area (Å²) < 4.78 is 38.3. The van der Waals surface area contributed by atoms with Crippen LogP contribution in [0.15, 0.2) is 24.3 Å². The van der Waals surface area contributed by atoms with Crippen molar-refractivity contribution in [1.82, 2.24) is 5.32 Å². The number of hydrogen-bond acceptors (Lipinski definition) is 2. The highest BCUT2D eigenvalue weighted by Gasteiger charge is 2.33. The monoisotopic (exact) mass is 324 g/mol. The van der Waals surface area contributed by atoms with Gasteiger partial charge in [-0.1, -0.05) is 39.0 Å². The first-order valence-corrected chi connectivity index (χ1v) is 6.22. The average molecular weight is 325 g/mol. The lowest BCUT2D eigenvalue weighted by atomic mass is 9.87. The van der Waals surface area contributed by atoms with Crippen LogP contribution in [0.2, 0.25) is 0 Å². The van der Waals surface area contributed by atoms with Crippen LogP contribution >= 0.6 is 12.4 Å². The second-order valence-electron chi connectivity index (χ2n) is 5.72. The van der Waals surface area contributed by atoms with Crippen LogP contribution in [0.5, 0.6) is 0 Å². The van der Waals surface area contributed by atoms with Gasteiger partial charge in [-0.15, -0.1) is 12.4 Å². The summed E-state index contributed by atoms with van der Waals surface area (Å²) >= 11 is 0. The Bertz CT molecular complexity index is 484.